The molecule has 0 fully saturated rings. The lowest BCUT2D eigenvalue weighted by Crippen LogP contribution is -2.05. The van der Waals surface area contributed by atoms with Crippen molar-refractivity contribution in [3.05, 3.63) is 53.9 Å². The van der Waals surface area contributed by atoms with Crippen LogP contribution in [-0.4, -0.2) is 6.72 Å². The fourth-order valence-corrected chi connectivity index (χ4v) is 1.93. The smallest absolute Gasteiger partial charge is 0.137 e. The van der Waals surface area contributed by atoms with Gasteiger partial charge in [0, 0.05) is 17.5 Å². The topological polar surface area (TPSA) is 47.1 Å². The third-order valence-electron chi connectivity index (χ3n) is 2.69. The van der Waals surface area contributed by atoms with Crippen molar-refractivity contribution in [2.75, 3.05) is 0 Å². The minimum absolute atomic E-state index is 0.694. The molecular weight excluding hydrogens is 228 g/mol. The van der Waals surface area contributed by atoms with Gasteiger partial charge in [0.05, 0.1) is 0 Å². The van der Waals surface area contributed by atoms with Gasteiger partial charge in [0.25, 0.3) is 0 Å². The molecule has 4 nitrogen and oxygen atoms in total. The zero-order valence-electron chi connectivity index (χ0n) is 9.54. The highest BCUT2D eigenvalue weighted by Crippen LogP contribution is 2.17. The van der Waals surface area contributed by atoms with Crippen molar-refractivity contribution in [2.24, 2.45) is 10.3 Å². The molecule has 3 aromatic rings. The van der Waals surface area contributed by atoms with Crippen LogP contribution in [0.3, 0.4) is 0 Å². The Morgan fingerprint density at radius 1 is 0.889 bits per heavy atom. The van der Waals surface area contributed by atoms with E-state index in [2.05, 4.69) is 17.0 Å². The Morgan fingerprint density at radius 2 is 1.44 bits per heavy atom. The average Bonchev–Trinajstić information content (AvgIpc) is 2.43. The maximum atomic E-state index is 5.81. The first-order valence-corrected chi connectivity index (χ1v) is 5.47. The Kier molecular flexibility index (Phi) is 2.53. The summed E-state index contributed by atoms with van der Waals surface area (Å²) in [6, 6.07) is 15.3. The standard InChI is InChI=1S/C14H10N2O2/c1-15-18-16-14-10-6-2-4-8-12(10)17-13-9-5-3-7-11(13)14/h2-9H,1H2. The van der Waals surface area contributed by atoms with Gasteiger partial charge in [-0.05, 0) is 24.3 Å². The Morgan fingerprint density at radius 3 is 2.00 bits per heavy atom. The number of fused-ring (bicyclic) bond motifs is 2. The van der Waals surface area contributed by atoms with Crippen LogP contribution in [-0.2, 0) is 4.94 Å². The first kappa shape index (κ1) is 10.5. The third kappa shape index (κ3) is 1.64. The van der Waals surface area contributed by atoms with E-state index in [1.54, 1.807) is 0 Å². The highest BCUT2D eigenvalue weighted by Gasteiger charge is 2.05. The summed E-state index contributed by atoms with van der Waals surface area (Å²) in [4.78, 5) is 4.73. The predicted molar refractivity (Wildman–Crippen MR) is 69.9 cm³/mol. The van der Waals surface area contributed by atoms with Crippen LogP contribution in [0, 0.1) is 0 Å². The van der Waals surface area contributed by atoms with E-state index in [1.165, 1.54) is 0 Å². The molecule has 0 saturated heterocycles. The quantitative estimate of drug-likeness (QED) is 0.391. The summed E-state index contributed by atoms with van der Waals surface area (Å²) >= 11 is 0. The Hall–Kier alpha value is -2.62. The van der Waals surface area contributed by atoms with Crippen LogP contribution < -0.4 is 5.36 Å². The van der Waals surface area contributed by atoms with Crippen molar-refractivity contribution in [1.29, 1.82) is 0 Å². The molecule has 0 bridgehead atoms. The maximum Gasteiger partial charge on any atom is 0.137 e. The maximum absolute atomic E-state index is 5.81. The Labute approximate surface area is 103 Å². The summed E-state index contributed by atoms with van der Waals surface area (Å²) in [5.41, 5.74) is 1.50. The highest BCUT2D eigenvalue weighted by atomic mass is 16.8. The second-order valence-electron chi connectivity index (χ2n) is 3.75. The molecule has 0 aliphatic carbocycles. The highest BCUT2D eigenvalue weighted by molar-refractivity contribution is 5.89. The summed E-state index contributed by atoms with van der Waals surface area (Å²) in [5, 5.41) is 9.73. The fraction of sp³-hybridized carbons (Fsp3) is 0. The summed E-state index contributed by atoms with van der Waals surface area (Å²) < 4.78 is 5.81. The summed E-state index contributed by atoms with van der Waals surface area (Å²) in [6.45, 7) is 3.25. The normalized spacial score (nSPS) is 10.4. The van der Waals surface area contributed by atoms with Gasteiger partial charge in [0.1, 0.15) is 16.5 Å². The van der Waals surface area contributed by atoms with Crippen molar-refractivity contribution in [2.45, 2.75) is 0 Å². The van der Waals surface area contributed by atoms with Crippen LogP contribution in [0.4, 0.5) is 0 Å². The van der Waals surface area contributed by atoms with Gasteiger partial charge in [0.2, 0.25) is 0 Å². The molecule has 3 rings (SSSR count). The molecule has 0 saturated carbocycles. The fourth-order valence-electron chi connectivity index (χ4n) is 1.93. The largest absolute Gasteiger partial charge is 0.456 e. The summed E-state index contributed by atoms with van der Waals surface area (Å²) in [7, 11) is 0. The molecule has 2 aromatic carbocycles. The van der Waals surface area contributed by atoms with Crippen LogP contribution in [0.25, 0.3) is 21.9 Å². The average molecular weight is 238 g/mol. The molecule has 88 valence electrons. The molecule has 0 aliphatic rings. The lowest BCUT2D eigenvalue weighted by molar-refractivity contribution is 0.148. The van der Waals surface area contributed by atoms with E-state index in [4.69, 9.17) is 9.36 Å². The van der Waals surface area contributed by atoms with Gasteiger partial charge < -0.3 is 4.42 Å². The minimum Gasteiger partial charge on any atom is -0.456 e. The van der Waals surface area contributed by atoms with Gasteiger partial charge >= 0.3 is 0 Å². The van der Waals surface area contributed by atoms with Crippen LogP contribution in [0.5, 0.6) is 0 Å². The van der Waals surface area contributed by atoms with E-state index in [-0.39, 0.29) is 0 Å². The number of benzene rings is 2. The van der Waals surface area contributed by atoms with Gasteiger partial charge in [-0.3, -0.25) is 0 Å². The molecular formula is C14H10N2O2. The molecule has 4 heteroatoms. The molecule has 0 aliphatic heterocycles. The molecule has 0 radical (unpaired) electrons. The number of nitrogens with zero attached hydrogens (tertiary/aromatic N) is 2. The zero-order valence-corrected chi connectivity index (χ0v) is 9.54. The van der Waals surface area contributed by atoms with Crippen molar-refractivity contribution in [3.63, 3.8) is 0 Å². The zero-order chi connectivity index (χ0) is 12.4. The Balaban J connectivity index is 2.53. The molecule has 0 atom stereocenters. The van der Waals surface area contributed by atoms with Crippen LogP contribution in [0.1, 0.15) is 0 Å². The van der Waals surface area contributed by atoms with Gasteiger partial charge in [-0.1, -0.05) is 34.6 Å². The van der Waals surface area contributed by atoms with E-state index >= 15 is 0 Å². The predicted octanol–water partition coefficient (Wildman–Crippen LogP) is 3.03. The Bertz CT molecular complexity index is 733. The summed E-state index contributed by atoms with van der Waals surface area (Å²) in [5.74, 6) is 0. The van der Waals surface area contributed by atoms with E-state index in [9.17, 15) is 0 Å². The van der Waals surface area contributed by atoms with E-state index in [0.717, 1.165) is 21.9 Å². The van der Waals surface area contributed by atoms with Crippen LogP contribution in [0.2, 0.25) is 0 Å². The molecule has 0 amide bonds. The summed E-state index contributed by atoms with van der Waals surface area (Å²) in [6.07, 6.45) is 0. The van der Waals surface area contributed by atoms with E-state index < -0.39 is 0 Å². The van der Waals surface area contributed by atoms with E-state index in [0.29, 0.717) is 5.36 Å². The second kappa shape index (κ2) is 4.33. The second-order valence-corrected chi connectivity index (χ2v) is 3.75. The van der Waals surface area contributed by atoms with Crippen molar-refractivity contribution >= 4 is 28.7 Å². The number of hydrogen-bond donors (Lipinski definition) is 0. The molecule has 0 N–H and O–H groups in total. The SMILES string of the molecule is C=NON=c1c2ccccc2oc2ccccc12. The number of hydrogen-bond acceptors (Lipinski definition) is 4. The first-order valence-electron chi connectivity index (χ1n) is 5.47. The molecule has 0 spiro atoms. The molecule has 18 heavy (non-hydrogen) atoms. The van der Waals surface area contributed by atoms with Crippen molar-refractivity contribution in [1.82, 2.24) is 0 Å². The minimum atomic E-state index is 0.694. The van der Waals surface area contributed by atoms with Crippen LogP contribution in [0.15, 0.2) is 63.3 Å². The van der Waals surface area contributed by atoms with Gasteiger partial charge in [-0.2, -0.15) is 0 Å². The number of rotatable bonds is 2. The number of oxime groups is 1. The molecule has 1 aromatic heterocycles. The van der Waals surface area contributed by atoms with Gasteiger partial charge in [-0.15, -0.1) is 0 Å². The molecule has 1 heterocycles. The van der Waals surface area contributed by atoms with Crippen molar-refractivity contribution < 1.29 is 9.36 Å². The van der Waals surface area contributed by atoms with E-state index in [1.807, 2.05) is 48.5 Å². The third-order valence-corrected chi connectivity index (χ3v) is 2.69. The lowest BCUT2D eigenvalue weighted by atomic mass is 10.1. The monoisotopic (exact) mass is 238 g/mol. The first-order chi connectivity index (χ1) is 8.90. The lowest BCUT2D eigenvalue weighted by Gasteiger charge is -2.02. The van der Waals surface area contributed by atoms with Crippen LogP contribution >= 0.6 is 0 Å². The molecule has 0 unspecified atom stereocenters. The van der Waals surface area contributed by atoms with Crippen molar-refractivity contribution in [3.8, 4) is 0 Å². The van der Waals surface area contributed by atoms with Gasteiger partial charge in [-0.25, -0.2) is 4.94 Å². The van der Waals surface area contributed by atoms with Gasteiger partial charge in [0.15, 0.2) is 0 Å². The number of para-hydroxylation sites is 2.